The van der Waals surface area contributed by atoms with Crippen molar-refractivity contribution in [2.75, 3.05) is 0 Å². The van der Waals surface area contributed by atoms with Gasteiger partial charge in [0.05, 0.1) is 22.8 Å². The number of nitrogens with zero attached hydrogens (tertiary/aromatic N) is 4. The molecule has 5 rings (SSSR count). The van der Waals surface area contributed by atoms with Crippen molar-refractivity contribution < 1.29 is 41.7 Å². The summed E-state index contributed by atoms with van der Waals surface area (Å²) in [6, 6.07) is 7.26. The topological polar surface area (TPSA) is 146 Å². The van der Waals surface area contributed by atoms with Gasteiger partial charge in [0.2, 0.25) is 0 Å². The number of aliphatic carboxylic acids is 2. The van der Waals surface area contributed by atoms with E-state index < -0.39 is 11.9 Å². The largest absolute Gasteiger partial charge is 0.657 e. The number of aryl methyl sites for hydroxylation is 3. The van der Waals surface area contributed by atoms with E-state index in [0.717, 1.165) is 39.7 Å². The number of carboxylic acid groups (broad SMARTS) is 2. The van der Waals surface area contributed by atoms with E-state index in [1.54, 1.807) is 18.2 Å². The molecule has 9 nitrogen and oxygen atoms in total. The number of carboxylic acids is 2. The average Bonchev–Trinajstić information content (AvgIpc) is 3.59. The molecule has 222 valence electrons. The summed E-state index contributed by atoms with van der Waals surface area (Å²) in [6.07, 6.45) is 2.89. The van der Waals surface area contributed by atoms with E-state index in [9.17, 15) is 24.6 Å². The van der Waals surface area contributed by atoms with Crippen LogP contribution in [-0.2, 0) is 37.9 Å². The zero-order chi connectivity index (χ0) is 30.3. The first-order valence-corrected chi connectivity index (χ1v) is 13.6. The minimum atomic E-state index is -0.925. The molecular formula is C33H30FeN4O5-2. The third-order valence-corrected chi connectivity index (χ3v) is 7.98. The molecule has 0 radical (unpaired) electrons. The van der Waals surface area contributed by atoms with Gasteiger partial charge in [-0.2, -0.15) is 0 Å². The minimum absolute atomic E-state index is 0. The van der Waals surface area contributed by atoms with Crippen molar-refractivity contribution in [2.24, 2.45) is 0 Å². The Morgan fingerprint density at radius 2 is 1.30 bits per heavy atom. The minimum Gasteiger partial charge on any atom is -0.657 e. The fourth-order valence-electron chi connectivity index (χ4n) is 5.50. The van der Waals surface area contributed by atoms with E-state index >= 15 is 0 Å². The number of aldehydes is 1. The molecule has 2 aliphatic heterocycles. The Morgan fingerprint density at radius 1 is 0.767 bits per heavy atom. The fraction of sp³-hybridized carbons (Fsp3) is 0.242. The molecule has 5 heterocycles. The van der Waals surface area contributed by atoms with Crippen LogP contribution in [0.15, 0.2) is 30.8 Å². The van der Waals surface area contributed by atoms with Gasteiger partial charge >= 0.3 is 11.9 Å². The number of aromatic nitrogens is 4. The molecule has 0 spiro atoms. The van der Waals surface area contributed by atoms with Crippen LogP contribution in [0.4, 0.5) is 0 Å². The van der Waals surface area contributed by atoms with Gasteiger partial charge in [0.25, 0.3) is 0 Å². The van der Waals surface area contributed by atoms with E-state index in [4.69, 9.17) is 19.9 Å². The van der Waals surface area contributed by atoms with Crippen LogP contribution in [-0.4, -0.2) is 38.4 Å². The number of carbonyl (C=O) groups excluding carboxylic acids is 1. The third kappa shape index (κ3) is 5.89. The second-order valence-electron chi connectivity index (χ2n) is 10.5. The van der Waals surface area contributed by atoms with Gasteiger partial charge < -0.3 is 20.2 Å². The number of rotatable bonds is 8. The maximum atomic E-state index is 12.1. The van der Waals surface area contributed by atoms with Crippen molar-refractivity contribution in [1.82, 2.24) is 19.9 Å². The fourth-order valence-corrected chi connectivity index (χ4v) is 5.50. The van der Waals surface area contributed by atoms with Crippen LogP contribution in [0.2, 0.25) is 0 Å². The van der Waals surface area contributed by atoms with Gasteiger partial charge in [0.15, 0.2) is 6.29 Å². The van der Waals surface area contributed by atoms with Gasteiger partial charge in [0.1, 0.15) is 0 Å². The van der Waals surface area contributed by atoms with Gasteiger partial charge in [-0.25, -0.2) is 9.97 Å². The van der Waals surface area contributed by atoms with Crippen molar-refractivity contribution in [3.05, 3.63) is 75.9 Å². The number of hydrogen-bond acceptors (Lipinski definition) is 5. The first-order chi connectivity index (χ1) is 20.0. The molecule has 2 N–H and O–H groups in total. The molecule has 0 saturated carbocycles. The molecule has 0 aliphatic carbocycles. The molecule has 0 amide bonds. The van der Waals surface area contributed by atoms with Crippen LogP contribution in [0.1, 0.15) is 78.1 Å². The Morgan fingerprint density at radius 3 is 1.95 bits per heavy atom. The Balaban J connectivity index is 0.00000423. The third-order valence-electron chi connectivity index (χ3n) is 7.98. The van der Waals surface area contributed by atoms with Crippen molar-refractivity contribution in [3.63, 3.8) is 0 Å². The van der Waals surface area contributed by atoms with Gasteiger partial charge in [-0.15, -0.1) is 22.1 Å². The van der Waals surface area contributed by atoms with Gasteiger partial charge in [-0.05, 0) is 62.8 Å². The van der Waals surface area contributed by atoms with E-state index in [2.05, 4.69) is 6.58 Å². The van der Waals surface area contributed by atoms with Crippen molar-refractivity contribution >= 4 is 68.7 Å². The van der Waals surface area contributed by atoms with Gasteiger partial charge in [-0.3, -0.25) is 14.4 Å². The number of fused-ring (bicyclic) bond motifs is 8. The Labute approximate surface area is 259 Å². The summed E-state index contributed by atoms with van der Waals surface area (Å²) >= 11 is 0. The van der Waals surface area contributed by atoms with Crippen molar-refractivity contribution in [3.8, 4) is 0 Å². The van der Waals surface area contributed by atoms with Crippen LogP contribution in [0.5, 0.6) is 0 Å². The van der Waals surface area contributed by atoms with Gasteiger partial charge in [-0.1, -0.05) is 53.6 Å². The summed E-state index contributed by atoms with van der Waals surface area (Å²) in [5, 5.41) is 18.8. The maximum absolute atomic E-state index is 12.1. The second-order valence-corrected chi connectivity index (χ2v) is 10.5. The molecule has 2 aliphatic rings. The Hall–Kier alpha value is -4.53. The van der Waals surface area contributed by atoms with Crippen LogP contribution in [0.3, 0.4) is 0 Å². The van der Waals surface area contributed by atoms with Crippen LogP contribution in [0, 0.1) is 13.8 Å². The second kappa shape index (κ2) is 12.4. The van der Waals surface area contributed by atoms with Crippen molar-refractivity contribution in [2.45, 2.75) is 53.4 Å². The smallest absolute Gasteiger partial charge is 0.303 e. The average molecular weight is 618 g/mol. The first kappa shape index (κ1) is 31.4. The molecule has 43 heavy (non-hydrogen) atoms. The monoisotopic (exact) mass is 618 g/mol. The molecule has 0 aromatic carbocycles. The summed E-state index contributed by atoms with van der Waals surface area (Å²) in [5.74, 6) is -1.84. The summed E-state index contributed by atoms with van der Waals surface area (Å²) in [5.41, 5.74) is 10.8. The Bertz CT molecular complexity index is 1930. The first-order valence-electron chi connectivity index (χ1n) is 13.6. The summed E-state index contributed by atoms with van der Waals surface area (Å²) in [6.45, 7) is 11.5. The van der Waals surface area contributed by atoms with E-state index in [1.165, 1.54) is 0 Å². The molecule has 3 aromatic heterocycles. The number of allylic oxidation sites excluding steroid dienone is 4. The van der Waals surface area contributed by atoms with Crippen LogP contribution in [0.25, 0.3) is 50.4 Å². The summed E-state index contributed by atoms with van der Waals surface area (Å²) in [7, 11) is 0. The summed E-state index contributed by atoms with van der Waals surface area (Å²) < 4.78 is 0. The normalized spacial score (nSPS) is 12.7. The zero-order valence-electron chi connectivity index (χ0n) is 24.3. The number of carbonyl (C=O) groups is 3. The molecule has 10 heteroatoms. The molecule has 0 saturated heterocycles. The molecule has 3 aromatic rings. The quantitative estimate of drug-likeness (QED) is 0.237. The SMILES string of the molecule is C=Cc1c(C)c2cc3nc(cc4[n-]c(cc5nc(cc1[n-]2)C(C)=C5CCC(=O)O)c(CCC(=O)O)c4C)C(C)=C3C=O.[Fe]. The Kier molecular flexibility index (Phi) is 9.04. The number of hydrogen-bond donors (Lipinski definition) is 2. The molecule has 0 unspecified atom stereocenters. The van der Waals surface area contributed by atoms with E-state index in [1.807, 2.05) is 39.8 Å². The molecular weight excluding hydrogens is 588 g/mol. The zero-order valence-corrected chi connectivity index (χ0v) is 25.4. The van der Waals surface area contributed by atoms with E-state index in [-0.39, 0.29) is 42.8 Å². The van der Waals surface area contributed by atoms with Gasteiger partial charge in [0, 0.05) is 35.5 Å². The summed E-state index contributed by atoms with van der Waals surface area (Å²) in [4.78, 5) is 54.5. The standard InChI is InChI=1S/C33H32N4O5.Fe/c1-6-20-16(2)26-13-31-23(15-38)19(5)25(37-31)11-24-17(3)21(7-9-32(39)40)29(35-24)14-30-22(8-10-33(41)42)18(4)27(36-30)12-28(20)34-26;/h6,11-15H,1,7-10H2,2-5H3,(H4,34,35,36,37,38,39,40,41,42);/p-2. The molecule has 0 atom stereocenters. The molecule has 0 fully saturated rings. The predicted octanol–water partition coefficient (Wildman–Crippen LogP) is 5.77. The maximum Gasteiger partial charge on any atom is 0.303 e. The van der Waals surface area contributed by atoms with E-state index in [0.29, 0.717) is 56.0 Å². The van der Waals surface area contributed by atoms with Crippen molar-refractivity contribution in [1.29, 1.82) is 0 Å². The van der Waals surface area contributed by atoms with Crippen LogP contribution < -0.4 is 9.97 Å². The molecule has 8 bridgehead atoms. The van der Waals surface area contributed by atoms with Crippen LogP contribution >= 0.6 is 0 Å². The predicted molar refractivity (Wildman–Crippen MR) is 162 cm³/mol.